The third kappa shape index (κ3) is 11.1. The first-order valence-corrected chi connectivity index (χ1v) is 13.1. The van der Waals surface area contributed by atoms with Crippen molar-refractivity contribution in [3.8, 4) is 17.0 Å². The quantitative estimate of drug-likeness (QED) is 0.198. The van der Waals surface area contributed by atoms with E-state index in [0.29, 0.717) is 5.88 Å². The smallest absolute Gasteiger partial charge is 0.214 e. The number of pyridine rings is 2. The van der Waals surface area contributed by atoms with Crippen molar-refractivity contribution < 1.29 is 19.4 Å². The summed E-state index contributed by atoms with van der Waals surface area (Å²) in [7, 11) is 0. The number of ether oxygens (including phenoxy) is 1. The molecule has 1 aliphatic carbocycles. The van der Waals surface area contributed by atoms with Gasteiger partial charge in [-0.15, -0.1) is 0 Å². The van der Waals surface area contributed by atoms with Gasteiger partial charge in [-0.05, 0) is 87.2 Å². The number of amides is 2. The standard InChI is InChI=1S/C26H35N5O2.2CH3NO/c1-19-24(17-23(18-29-19)28-9-12-31-10-2-11-31)22-15-25(30-26(16-22)33-14-13-32)21(7-8-27)6-5-20-3-4-20;2*2-1-3/h6-8,15-18,20,28,32H,2-5,9-14,27H2,1H3;2*1H,(H2,2,3)/b8-7-,21-6+;;. The number of hydrogen-bond acceptors (Lipinski definition) is 9. The lowest BCUT2D eigenvalue weighted by Crippen LogP contribution is -2.40. The lowest BCUT2D eigenvalue weighted by Gasteiger charge is -2.30. The van der Waals surface area contributed by atoms with E-state index in [4.69, 9.17) is 25.0 Å². The lowest BCUT2D eigenvalue weighted by atomic mass is 10.0. The van der Waals surface area contributed by atoms with E-state index >= 15 is 0 Å². The Morgan fingerprint density at radius 1 is 1.18 bits per heavy atom. The average Bonchev–Trinajstić information content (AvgIpc) is 3.73. The summed E-state index contributed by atoms with van der Waals surface area (Å²) in [5.74, 6) is 1.25. The molecule has 4 rings (SSSR count). The highest BCUT2D eigenvalue weighted by atomic mass is 16.5. The summed E-state index contributed by atoms with van der Waals surface area (Å²) < 4.78 is 5.72. The van der Waals surface area contributed by atoms with E-state index in [2.05, 4.69) is 44.9 Å². The number of aromatic nitrogens is 2. The second-order valence-corrected chi connectivity index (χ2v) is 9.10. The van der Waals surface area contributed by atoms with Crippen molar-refractivity contribution in [2.24, 2.45) is 23.1 Å². The summed E-state index contributed by atoms with van der Waals surface area (Å²) in [6.07, 6.45) is 12.9. The van der Waals surface area contributed by atoms with Crippen LogP contribution in [0.15, 0.2) is 42.7 Å². The monoisotopic (exact) mass is 539 g/mol. The fourth-order valence-corrected chi connectivity index (χ4v) is 3.93. The van der Waals surface area contributed by atoms with Gasteiger partial charge in [-0.25, -0.2) is 4.98 Å². The molecule has 0 aromatic carbocycles. The number of rotatable bonds is 12. The molecule has 39 heavy (non-hydrogen) atoms. The van der Waals surface area contributed by atoms with Crippen LogP contribution >= 0.6 is 0 Å². The van der Waals surface area contributed by atoms with Crippen molar-refractivity contribution in [1.82, 2.24) is 14.9 Å². The Morgan fingerprint density at radius 3 is 2.49 bits per heavy atom. The Labute approximate surface area is 230 Å². The number of aliphatic hydroxyl groups excluding tert-OH is 1. The van der Waals surface area contributed by atoms with Crippen molar-refractivity contribution in [2.75, 3.05) is 44.7 Å². The van der Waals surface area contributed by atoms with Crippen LogP contribution in [0.25, 0.3) is 16.7 Å². The number of carbonyl (C=O) groups is 2. The molecular weight excluding hydrogens is 498 g/mol. The van der Waals surface area contributed by atoms with Gasteiger partial charge in [-0.2, -0.15) is 0 Å². The van der Waals surface area contributed by atoms with Crippen molar-refractivity contribution in [2.45, 2.75) is 32.6 Å². The molecule has 0 atom stereocenters. The molecule has 11 heteroatoms. The minimum atomic E-state index is -0.0642. The molecule has 2 aliphatic rings. The average molecular weight is 540 g/mol. The van der Waals surface area contributed by atoms with E-state index in [-0.39, 0.29) is 26.0 Å². The normalized spacial score (nSPS) is 14.8. The van der Waals surface area contributed by atoms with E-state index in [1.807, 2.05) is 25.3 Å². The van der Waals surface area contributed by atoms with E-state index in [1.165, 1.54) is 32.4 Å². The van der Waals surface area contributed by atoms with Gasteiger partial charge >= 0.3 is 0 Å². The number of nitrogens with zero attached hydrogens (tertiary/aromatic N) is 3. The first-order valence-electron chi connectivity index (χ1n) is 13.1. The SMILES string of the molecule is Cc1ncc(NCCN2CCC2)cc1-c1cc(OCCO)nc(C(/C=C\N)=C/CC2CC2)c1.NC=O.NC=O. The fourth-order valence-electron chi connectivity index (χ4n) is 3.93. The Hall–Kier alpha value is -3.96. The highest BCUT2D eigenvalue weighted by molar-refractivity contribution is 5.78. The summed E-state index contributed by atoms with van der Waals surface area (Å²) in [5, 5.41) is 12.7. The highest BCUT2D eigenvalue weighted by Crippen LogP contribution is 2.35. The summed E-state index contributed by atoms with van der Waals surface area (Å²) in [4.78, 5) is 28.9. The largest absolute Gasteiger partial charge is 0.475 e. The van der Waals surface area contributed by atoms with Gasteiger partial charge in [-0.3, -0.25) is 14.6 Å². The maximum absolute atomic E-state index is 9.24. The fraction of sp³-hybridized carbons (Fsp3) is 0.429. The predicted molar refractivity (Wildman–Crippen MR) is 153 cm³/mol. The molecule has 1 saturated heterocycles. The van der Waals surface area contributed by atoms with E-state index in [9.17, 15) is 5.11 Å². The highest BCUT2D eigenvalue weighted by Gasteiger charge is 2.20. The molecular formula is C28H41N7O4. The Kier molecular flexibility index (Phi) is 14.1. The number of primary amides is 2. The van der Waals surface area contributed by atoms with Gasteiger partial charge in [0.25, 0.3) is 0 Å². The van der Waals surface area contributed by atoms with Gasteiger partial charge in [0.15, 0.2) is 0 Å². The molecule has 1 saturated carbocycles. The zero-order chi connectivity index (χ0) is 28.5. The first-order chi connectivity index (χ1) is 19.0. The number of allylic oxidation sites excluding steroid dienone is 3. The molecule has 2 aromatic heterocycles. The molecule has 0 radical (unpaired) electrons. The number of carbonyl (C=O) groups excluding carboxylic acids is 2. The maximum Gasteiger partial charge on any atom is 0.214 e. The molecule has 0 unspecified atom stereocenters. The second-order valence-electron chi connectivity index (χ2n) is 9.10. The molecule has 11 nitrogen and oxygen atoms in total. The summed E-state index contributed by atoms with van der Waals surface area (Å²) in [6.45, 7) is 6.47. The number of aliphatic hydroxyl groups is 1. The summed E-state index contributed by atoms with van der Waals surface area (Å²) >= 11 is 0. The summed E-state index contributed by atoms with van der Waals surface area (Å²) in [5.41, 5.74) is 19.8. The zero-order valence-corrected chi connectivity index (χ0v) is 22.6. The van der Waals surface area contributed by atoms with Crippen LogP contribution in [0.3, 0.4) is 0 Å². The summed E-state index contributed by atoms with van der Waals surface area (Å²) in [6, 6.07) is 6.12. The van der Waals surface area contributed by atoms with Gasteiger partial charge in [0.05, 0.1) is 24.2 Å². The van der Waals surface area contributed by atoms with Crippen LogP contribution in [-0.4, -0.2) is 72.2 Å². The third-order valence-electron chi connectivity index (χ3n) is 6.19. The number of likely N-dealkylation sites (tertiary alicyclic amines) is 1. The van der Waals surface area contributed by atoms with Crippen LogP contribution in [0.1, 0.15) is 37.1 Å². The number of aryl methyl sites for hydroxylation is 1. The van der Waals surface area contributed by atoms with Crippen LogP contribution < -0.4 is 27.3 Å². The second kappa shape index (κ2) is 17.5. The van der Waals surface area contributed by atoms with Crippen LogP contribution in [0.4, 0.5) is 5.69 Å². The van der Waals surface area contributed by atoms with Crippen LogP contribution in [0, 0.1) is 12.8 Å². The minimum absolute atomic E-state index is 0.0642. The lowest BCUT2D eigenvalue weighted by molar-refractivity contribution is -0.107. The van der Waals surface area contributed by atoms with Gasteiger partial charge in [0, 0.05) is 30.4 Å². The van der Waals surface area contributed by atoms with Crippen LogP contribution in [-0.2, 0) is 9.59 Å². The Bertz CT molecular complexity index is 1090. The molecule has 1 aliphatic heterocycles. The maximum atomic E-state index is 9.24. The van der Waals surface area contributed by atoms with Crippen molar-refractivity contribution >= 4 is 24.1 Å². The van der Waals surface area contributed by atoms with Gasteiger partial charge in [-0.1, -0.05) is 6.08 Å². The number of hydrogen-bond donors (Lipinski definition) is 5. The Morgan fingerprint density at radius 2 is 1.90 bits per heavy atom. The van der Waals surface area contributed by atoms with Gasteiger partial charge in [0.2, 0.25) is 18.7 Å². The minimum Gasteiger partial charge on any atom is -0.475 e. The third-order valence-corrected chi connectivity index (χ3v) is 6.19. The molecule has 0 spiro atoms. The molecule has 212 valence electrons. The Balaban J connectivity index is 0.000000815. The molecule has 2 amide bonds. The van der Waals surface area contributed by atoms with E-state index < -0.39 is 0 Å². The van der Waals surface area contributed by atoms with Gasteiger partial charge in [0.1, 0.15) is 6.61 Å². The van der Waals surface area contributed by atoms with Crippen LogP contribution in [0.5, 0.6) is 5.88 Å². The van der Waals surface area contributed by atoms with E-state index in [1.54, 1.807) is 6.20 Å². The number of anilines is 1. The van der Waals surface area contributed by atoms with E-state index in [0.717, 1.165) is 59.2 Å². The molecule has 3 heterocycles. The van der Waals surface area contributed by atoms with Crippen molar-refractivity contribution in [3.05, 3.63) is 54.1 Å². The topological polar surface area (TPSA) is 183 Å². The molecule has 8 N–H and O–H groups in total. The zero-order valence-electron chi connectivity index (χ0n) is 22.6. The predicted octanol–water partition coefficient (Wildman–Crippen LogP) is 1.80. The van der Waals surface area contributed by atoms with Crippen LogP contribution in [0.2, 0.25) is 0 Å². The number of nitrogens with two attached hydrogens (primary N) is 3. The van der Waals surface area contributed by atoms with Gasteiger partial charge < -0.3 is 37.3 Å². The van der Waals surface area contributed by atoms with Crippen molar-refractivity contribution in [3.63, 3.8) is 0 Å². The molecule has 2 fully saturated rings. The first kappa shape index (κ1) is 31.3. The number of nitrogens with one attached hydrogen (secondary N) is 1. The molecule has 0 bridgehead atoms. The van der Waals surface area contributed by atoms with Crippen molar-refractivity contribution in [1.29, 1.82) is 0 Å². The molecule has 2 aromatic rings.